The number of rotatable bonds is 11. The van der Waals surface area contributed by atoms with Crippen molar-refractivity contribution in [3.8, 4) is 23.0 Å². The number of benzene rings is 2. The maximum absolute atomic E-state index is 13.1. The number of carbonyl (C=O) groups is 3. The fourth-order valence-corrected chi connectivity index (χ4v) is 3.43. The van der Waals surface area contributed by atoms with Crippen molar-refractivity contribution in [1.82, 2.24) is 10.2 Å². The van der Waals surface area contributed by atoms with Gasteiger partial charge in [-0.25, -0.2) is 4.79 Å². The molecule has 1 N–H and O–H groups in total. The Morgan fingerprint density at radius 1 is 0.829 bits per heavy atom. The van der Waals surface area contributed by atoms with Gasteiger partial charge in [0.05, 0.1) is 34.0 Å². The number of hydrogen-bond donors (Lipinski definition) is 1. The first-order valence-corrected chi connectivity index (χ1v) is 11.4. The van der Waals surface area contributed by atoms with Gasteiger partial charge in [0.1, 0.15) is 5.57 Å². The molecule has 0 bridgehead atoms. The minimum Gasteiger partial charge on any atom is -0.493 e. The van der Waals surface area contributed by atoms with Crippen LogP contribution in [0.4, 0.5) is 4.79 Å². The molecule has 1 saturated heterocycles. The number of carbonyl (C=O) groups excluding carboxylic acids is 3. The quantitative estimate of drug-likeness (QED) is 0.382. The van der Waals surface area contributed by atoms with Gasteiger partial charge in [-0.1, -0.05) is 26.0 Å². The lowest BCUT2D eigenvalue weighted by molar-refractivity contribution is -0.130. The molecule has 186 valence electrons. The van der Waals surface area contributed by atoms with Crippen LogP contribution in [0, 0.1) is 0 Å². The smallest absolute Gasteiger partial charge is 0.331 e. The van der Waals surface area contributed by atoms with Crippen LogP contribution in [0.5, 0.6) is 23.0 Å². The third kappa shape index (κ3) is 6.11. The Hall–Kier alpha value is -4.01. The van der Waals surface area contributed by atoms with Crippen molar-refractivity contribution in [2.45, 2.75) is 33.2 Å². The van der Waals surface area contributed by atoms with E-state index in [9.17, 15) is 14.4 Å². The van der Waals surface area contributed by atoms with Crippen molar-refractivity contribution in [2.24, 2.45) is 0 Å². The number of ether oxygens (including phenoxy) is 4. The highest BCUT2D eigenvalue weighted by Crippen LogP contribution is 2.31. The molecule has 1 fully saturated rings. The summed E-state index contributed by atoms with van der Waals surface area (Å²) in [6, 6.07) is 9.47. The molecule has 0 unspecified atom stereocenters. The Morgan fingerprint density at radius 3 is 2.03 bits per heavy atom. The second-order valence-corrected chi connectivity index (χ2v) is 7.80. The van der Waals surface area contributed by atoms with Gasteiger partial charge in [-0.2, -0.15) is 0 Å². The summed E-state index contributed by atoms with van der Waals surface area (Å²) in [4.78, 5) is 39.1. The van der Waals surface area contributed by atoms with Gasteiger partial charge in [0.15, 0.2) is 23.0 Å². The van der Waals surface area contributed by atoms with Crippen molar-refractivity contribution in [2.75, 3.05) is 27.4 Å². The molecular formula is C26H30N2O7. The van der Waals surface area contributed by atoms with E-state index in [0.717, 1.165) is 17.7 Å². The molecule has 35 heavy (non-hydrogen) atoms. The number of amides is 4. The molecule has 2 aromatic carbocycles. The van der Waals surface area contributed by atoms with Crippen LogP contribution in [0.3, 0.4) is 0 Å². The van der Waals surface area contributed by atoms with E-state index in [1.807, 2.05) is 13.8 Å². The Morgan fingerprint density at radius 2 is 1.43 bits per heavy atom. The van der Waals surface area contributed by atoms with Crippen LogP contribution >= 0.6 is 0 Å². The Kier molecular flexibility index (Phi) is 8.72. The van der Waals surface area contributed by atoms with Crippen molar-refractivity contribution in [3.05, 3.63) is 53.1 Å². The van der Waals surface area contributed by atoms with Crippen LogP contribution < -0.4 is 24.3 Å². The third-order valence-corrected chi connectivity index (χ3v) is 5.18. The minimum atomic E-state index is -0.789. The number of hydrogen-bond acceptors (Lipinski definition) is 7. The second kappa shape index (κ2) is 11.9. The first-order chi connectivity index (χ1) is 16.9. The number of barbiturate groups is 1. The summed E-state index contributed by atoms with van der Waals surface area (Å²) in [6.07, 6.45) is 3.11. The number of imide groups is 2. The molecule has 3 rings (SSSR count). The van der Waals surface area contributed by atoms with E-state index in [0.29, 0.717) is 47.3 Å². The number of nitrogens with one attached hydrogen (secondary N) is 1. The Balaban J connectivity index is 1.85. The zero-order valence-corrected chi connectivity index (χ0v) is 20.4. The summed E-state index contributed by atoms with van der Waals surface area (Å²) in [5.74, 6) is 0.639. The standard InChI is InChI=1S/C26H30N2O7/c1-5-11-34-20-9-7-17(14-22(20)32-3)13-19-24(29)27-26(31)28(25(19)30)16-18-8-10-21(35-12-6-2)23(15-18)33-4/h7-10,13-15H,5-6,11-12,16H2,1-4H3,(H,27,29,31)/b19-13+. The average molecular weight is 483 g/mol. The number of urea groups is 1. The highest BCUT2D eigenvalue weighted by Gasteiger charge is 2.35. The first kappa shape index (κ1) is 25.6. The molecule has 0 atom stereocenters. The topological polar surface area (TPSA) is 103 Å². The monoisotopic (exact) mass is 482 g/mol. The molecule has 0 saturated carbocycles. The van der Waals surface area contributed by atoms with E-state index < -0.39 is 17.8 Å². The molecule has 9 heteroatoms. The summed E-state index contributed by atoms with van der Waals surface area (Å²) in [5, 5.41) is 2.23. The second-order valence-electron chi connectivity index (χ2n) is 7.80. The van der Waals surface area contributed by atoms with Gasteiger partial charge >= 0.3 is 6.03 Å². The van der Waals surface area contributed by atoms with Crippen molar-refractivity contribution in [1.29, 1.82) is 0 Å². The van der Waals surface area contributed by atoms with Gasteiger partial charge < -0.3 is 18.9 Å². The molecule has 1 aliphatic heterocycles. The van der Waals surface area contributed by atoms with Gasteiger partial charge in [0, 0.05) is 0 Å². The zero-order chi connectivity index (χ0) is 25.4. The van der Waals surface area contributed by atoms with Crippen molar-refractivity contribution in [3.63, 3.8) is 0 Å². The van der Waals surface area contributed by atoms with Crippen molar-refractivity contribution >= 4 is 23.9 Å². The molecule has 1 heterocycles. The van der Waals surface area contributed by atoms with Gasteiger partial charge in [0.2, 0.25) is 0 Å². The van der Waals surface area contributed by atoms with Gasteiger partial charge in [-0.15, -0.1) is 0 Å². The maximum atomic E-state index is 13.1. The van der Waals surface area contributed by atoms with E-state index >= 15 is 0 Å². The summed E-state index contributed by atoms with van der Waals surface area (Å²) in [6.45, 7) is 5.02. The molecule has 4 amide bonds. The first-order valence-electron chi connectivity index (χ1n) is 11.4. The van der Waals surface area contributed by atoms with Crippen LogP contribution in [0.2, 0.25) is 0 Å². The Labute approximate surface area is 204 Å². The molecule has 9 nitrogen and oxygen atoms in total. The average Bonchev–Trinajstić information content (AvgIpc) is 2.87. The van der Waals surface area contributed by atoms with E-state index in [2.05, 4.69) is 5.32 Å². The lowest BCUT2D eigenvalue weighted by Crippen LogP contribution is -2.53. The van der Waals surface area contributed by atoms with Gasteiger partial charge in [0.25, 0.3) is 11.8 Å². The highest BCUT2D eigenvalue weighted by molar-refractivity contribution is 6.30. The normalized spacial score (nSPS) is 14.7. The zero-order valence-electron chi connectivity index (χ0n) is 20.4. The van der Waals surface area contributed by atoms with Crippen LogP contribution in [-0.4, -0.2) is 50.2 Å². The predicted molar refractivity (Wildman–Crippen MR) is 130 cm³/mol. The van der Waals surface area contributed by atoms with Crippen LogP contribution in [-0.2, 0) is 16.1 Å². The van der Waals surface area contributed by atoms with E-state index in [4.69, 9.17) is 18.9 Å². The van der Waals surface area contributed by atoms with Gasteiger partial charge in [-0.3, -0.25) is 19.8 Å². The molecule has 1 aliphatic rings. The third-order valence-electron chi connectivity index (χ3n) is 5.18. The fraction of sp³-hybridized carbons (Fsp3) is 0.346. The molecule has 0 aliphatic carbocycles. The lowest BCUT2D eigenvalue weighted by Gasteiger charge is -2.26. The molecule has 2 aromatic rings. The summed E-state index contributed by atoms with van der Waals surface area (Å²) >= 11 is 0. The summed E-state index contributed by atoms with van der Waals surface area (Å²) in [7, 11) is 3.03. The molecule has 0 aromatic heterocycles. The van der Waals surface area contributed by atoms with Gasteiger partial charge in [-0.05, 0) is 54.3 Å². The fourth-order valence-electron chi connectivity index (χ4n) is 3.43. The van der Waals surface area contributed by atoms with Crippen LogP contribution in [0.1, 0.15) is 37.8 Å². The van der Waals surface area contributed by atoms with E-state index in [1.165, 1.54) is 20.3 Å². The Bertz CT molecular complexity index is 1130. The van der Waals surface area contributed by atoms with E-state index in [1.54, 1.807) is 36.4 Å². The van der Waals surface area contributed by atoms with E-state index in [-0.39, 0.29) is 12.1 Å². The largest absolute Gasteiger partial charge is 0.493 e. The maximum Gasteiger partial charge on any atom is 0.331 e. The SMILES string of the molecule is CCCOc1ccc(/C=C2\C(=O)NC(=O)N(Cc3ccc(OCCC)c(OC)c3)C2=O)cc1OC. The molecular weight excluding hydrogens is 452 g/mol. The summed E-state index contributed by atoms with van der Waals surface area (Å²) < 4.78 is 22.1. The summed E-state index contributed by atoms with van der Waals surface area (Å²) in [5.41, 5.74) is 1.03. The minimum absolute atomic E-state index is 0.0488. The number of methoxy groups -OCH3 is 2. The van der Waals surface area contributed by atoms with Crippen molar-refractivity contribution < 1.29 is 33.3 Å². The highest BCUT2D eigenvalue weighted by atomic mass is 16.5. The predicted octanol–water partition coefficient (Wildman–Crippen LogP) is 3.94. The molecule has 0 radical (unpaired) electrons. The van der Waals surface area contributed by atoms with Crippen LogP contribution in [0.25, 0.3) is 6.08 Å². The number of nitrogens with zero attached hydrogens (tertiary/aromatic N) is 1. The van der Waals surface area contributed by atoms with Crippen LogP contribution in [0.15, 0.2) is 42.0 Å². The lowest BCUT2D eigenvalue weighted by atomic mass is 10.1. The molecule has 0 spiro atoms.